The van der Waals surface area contributed by atoms with E-state index in [2.05, 4.69) is 20.7 Å². The molecule has 0 spiro atoms. The minimum Gasteiger partial charge on any atom is -0.469 e. The van der Waals surface area contributed by atoms with E-state index in [-0.39, 0.29) is 36.9 Å². The highest BCUT2D eigenvalue weighted by Gasteiger charge is 2.32. The van der Waals surface area contributed by atoms with Gasteiger partial charge < -0.3 is 25.4 Å². The van der Waals surface area contributed by atoms with E-state index in [1.165, 1.54) is 7.11 Å². The molecule has 2 aromatic rings. The van der Waals surface area contributed by atoms with Crippen LogP contribution in [0.1, 0.15) is 79.5 Å². The highest BCUT2D eigenvalue weighted by Crippen LogP contribution is 2.30. The fraction of sp³-hybridized carbons (Fsp3) is 0.448. The van der Waals surface area contributed by atoms with Gasteiger partial charge in [-0.3, -0.25) is 14.4 Å². The lowest BCUT2D eigenvalue weighted by molar-refractivity contribution is -0.140. The van der Waals surface area contributed by atoms with E-state index in [9.17, 15) is 32.3 Å². The van der Waals surface area contributed by atoms with Crippen LogP contribution >= 0.6 is 0 Å². The van der Waals surface area contributed by atoms with Crippen molar-refractivity contribution in [2.24, 2.45) is 0 Å². The van der Waals surface area contributed by atoms with Gasteiger partial charge in [0.2, 0.25) is 5.91 Å². The number of ether oxygens (including phenoxy) is 2. The Morgan fingerprint density at radius 2 is 1.46 bits per heavy atom. The number of rotatable bonds is 11. The number of hydrogen-bond acceptors (Lipinski definition) is 6. The summed E-state index contributed by atoms with van der Waals surface area (Å²) < 4.78 is 48.9. The average molecular weight is 580 g/mol. The summed E-state index contributed by atoms with van der Waals surface area (Å²) >= 11 is 0. The van der Waals surface area contributed by atoms with Crippen LogP contribution < -0.4 is 16.0 Å². The lowest BCUT2D eigenvalue weighted by Gasteiger charge is -2.24. The van der Waals surface area contributed by atoms with Crippen LogP contribution in [0.4, 0.5) is 18.0 Å². The first-order valence-corrected chi connectivity index (χ1v) is 13.0. The van der Waals surface area contributed by atoms with Gasteiger partial charge in [0.1, 0.15) is 11.6 Å². The number of halogens is 3. The summed E-state index contributed by atoms with van der Waals surface area (Å²) in [6, 6.07) is 9.41. The van der Waals surface area contributed by atoms with E-state index in [0.29, 0.717) is 12.0 Å². The standard InChI is InChI=1S/C29H36F3N3O6/c1-6-18(19-7-9-21(10-8-19)25(37)33-16-15-23(36)40-5)17-34-26(38)24(35-27(39)41-28(2,3)4)20-11-13-22(14-12-20)29(30,31)32/h7-14,18,24H,6,15-17H2,1-5H3,(H,33,37)(H,34,38)(H,35,39). The Bertz CT molecular complexity index is 1190. The molecule has 2 unspecified atom stereocenters. The van der Waals surface area contributed by atoms with E-state index in [0.717, 1.165) is 29.8 Å². The number of benzene rings is 2. The Kier molecular flexibility index (Phi) is 11.7. The molecule has 2 rings (SSSR count). The first-order valence-electron chi connectivity index (χ1n) is 13.0. The van der Waals surface area contributed by atoms with Crippen LogP contribution in [0.3, 0.4) is 0 Å². The summed E-state index contributed by atoms with van der Waals surface area (Å²) in [6.07, 6.45) is -4.78. The summed E-state index contributed by atoms with van der Waals surface area (Å²) in [5.41, 5.74) is -0.365. The second kappa shape index (κ2) is 14.5. The first kappa shape index (κ1) is 33.1. The molecular formula is C29H36F3N3O6. The molecule has 2 atom stereocenters. The van der Waals surface area contributed by atoms with Crippen LogP contribution in [-0.2, 0) is 25.2 Å². The van der Waals surface area contributed by atoms with Crippen LogP contribution in [0, 0.1) is 0 Å². The largest absolute Gasteiger partial charge is 0.469 e. The van der Waals surface area contributed by atoms with E-state index in [1.807, 2.05) is 6.92 Å². The molecule has 0 heterocycles. The monoisotopic (exact) mass is 579 g/mol. The molecule has 224 valence electrons. The number of alkyl halides is 3. The van der Waals surface area contributed by atoms with Crippen molar-refractivity contribution in [2.75, 3.05) is 20.2 Å². The summed E-state index contributed by atoms with van der Waals surface area (Å²) in [6.45, 7) is 7.13. The molecule has 0 saturated heterocycles. The Morgan fingerprint density at radius 1 is 0.878 bits per heavy atom. The summed E-state index contributed by atoms with van der Waals surface area (Å²) in [7, 11) is 1.27. The molecule has 0 radical (unpaired) electrons. The van der Waals surface area contributed by atoms with Gasteiger partial charge in [-0.15, -0.1) is 0 Å². The van der Waals surface area contributed by atoms with E-state index in [1.54, 1.807) is 45.0 Å². The van der Waals surface area contributed by atoms with Crippen LogP contribution in [0.2, 0.25) is 0 Å². The molecule has 41 heavy (non-hydrogen) atoms. The molecule has 0 aliphatic carbocycles. The van der Waals surface area contributed by atoms with Gasteiger partial charge in [-0.2, -0.15) is 13.2 Å². The SMILES string of the molecule is CCC(CNC(=O)C(NC(=O)OC(C)(C)C)c1ccc(C(F)(F)F)cc1)c1ccc(C(=O)NCCC(=O)OC)cc1. The zero-order chi connectivity index (χ0) is 30.8. The molecule has 0 aromatic heterocycles. The van der Waals surface area contributed by atoms with E-state index in [4.69, 9.17) is 4.74 Å². The van der Waals surface area contributed by atoms with Crippen LogP contribution in [0.15, 0.2) is 48.5 Å². The van der Waals surface area contributed by atoms with Crippen molar-refractivity contribution in [3.8, 4) is 0 Å². The number of amides is 3. The Hall–Kier alpha value is -4.09. The molecular weight excluding hydrogens is 543 g/mol. The van der Waals surface area contributed by atoms with Gasteiger partial charge in [-0.25, -0.2) is 4.79 Å². The molecule has 0 saturated carbocycles. The van der Waals surface area contributed by atoms with Crippen molar-refractivity contribution < 1.29 is 41.8 Å². The molecule has 0 aliphatic heterocycles. The number of alkyl carbamates (subject to hydrolysis) is 1. The lowest BCUT2D eigenvalue weighted by atomic mass is 9.95. The topological polar surface area (TPSA) is 123 Å². The quantitative estimate of drug-likeness (QED) is 0.327. The minimum absolute atomic E-state index is 0.0498. The highest BCUT2D eigenvalue weighted by molar-refractivity contribution is 5.94. The number of carbonyl (C=O) groups is 4. The number of nitrogens with one attached hydrogen (secondary N) is 3. The van der Waals surface area contributed by atoms with Crippen molar-refractivity contribution in [2.45, 2.75) is 64.3 Å². The maximum Gasteiger partial charge on any atom is 0.416 e. The summed E-state index contributed by atoms with van der Waals surface area (Å²) in [5, 5.41) is 7.85. The first-order chi connectivity index (χ1) is 19.1. The molecule has 3 N–H and O–H groups in total. The van der Waals surface area contributed by atoms with Crippen molar-refractivity contribution >= 4 is 23.9 Å². The van der Waals surface area contributed by atoms with Crippen molar-refractivity contribution in [1.82, 2.24) is 16.0 Å². The third-order valence-electron chi connectivity index (χ3n) is 6.00. The number of hydrogen-bond donors (Lipinski definition) is 3. The molecule has 0 bridgehead atoms. The molecule has 3 amide bonds. The number of carbonyl (C=O) groups excluding carboxylic acids is 4. The van der Waals surface area contributed by atoms with Crippen LogP contribution in [0.5, 0.6) is 0 Å². The fourth-order valence-corrected chi connectivity index (χ4v) is 3.80. The van der Waals surface area contributed by atoms with Crippen molar-refractivity contribution in [3.63, 3.8) is 0 Å². The highest BCUT2D eigenvalue weighted by atomic mass is 19.4. The van der Waals surface area contributed by atoms with E-state index < -0.39 is 41.4 Å². The van der Waals surface area contributed by atoms with Gasteiger partial charge in [-0.1, -0.05) is 31.2 Å². The van der Waals surface area contributed by atoms with Gasteiger partial charge in [0, 0.05) is 24.6 Å². The molecule has 12 heteroatoms. The zero-order valence-corrected chi connectivity index (χ0v) is 23.7. The number of methoxy groups -OCH3 is 1. The summed E-state index contributed by atoms with van der Waals surface area (Å²) in [5.74, 6) is -1.58. The maximum absolute atomic E-state index is 13.2. The number of esters is 1. The fourth-order valence-electron chi connectivity index (χ4n) is 3.80. The van der Waals surface area contributed by atoms with E-state index >= 15 is 0 Å². The van der Waals surface area contributed by atoms with Gasteiger partial charge in [0.25, 0.3) is 5.91 Å². The van der Waals surface area contributed by atoms with Gasteiger partial charge in [-0.05, 0) is 62.6 Å². The van der Waals surface area contributed by atoms with Crippen LogP contribution in [0.25, 0.3) is 0 Å². The lowest BCUT2D eigenvalue weighted by Crippen LogP contribution is -2.43. The normalized spacial score (nSPS) is 13.0. The van der Waals surface area contributed by atoms with Gasteiger partial charge in [0.05, 0.1) is 19.1 Å². The zero-order valence-electron chi connectivity index (χ0n) is 23.7. The van der Waals surface area contributed by atoms with Crippen molar-refractivity contribution in [3.05, 3.63) is 70.8 Å². The predicted octanol–water partition coefficient (Wildman–Crippen LogP) is 4.87. The van der Waals surface area contributed by atoms with Gasteiger partial charge >= 0.3 is 18.2 Å². The minimum atomic E-state index is -4.55. The smallest absolute Gasteiger partial charge is 0.416 e. The third kappa shape index (κ3) is 10.8. The second-order valence-electron chi connectivity index (χ2n) is 10.3. The molecule has 2 aromatic carbocycles. The van der Waals surface area contributed by atoms with Crippen LogP contribution in [-0.4, -0.2) is 49.7 Å². The Morgan fingerprint density at radius 3 is 1.98 bits per heavy atom. The Balaban J connectivity index is 2.12. The molecule has 9 nitrogen and oxygen atoms in total. The molecule has 0 aliphatic rings. The Labute approximate surface area is 237 Å². The predicted molar refractivity (Wildman–Crippen MR) is 145 cm³/mol. The average Bonchev–Trinajstić information content (AvgIpc) is 2.90. The molecule has 0 fully saturated rings. The van der Waals surface area contributed by atoms with Crippen molar-refractivity contribution in [1.29, 1.82) is 0 Å². The maximum atomic E-state index is 13.2. The van der Waals surface area contributed by atoms with Gasteiger partial charge in [0.15, 0.2) is 0 Å². The second-order valence-corrected chi connectivity index (χ2v) is 10.3. The third-order valence-corrected chi connectivity index (χ3v) is 6.00. The summed E-state index contributed by atoms with van der Waals surface area (Å²) in [4.78, 5) is 49.2.